The van der Waals surface area contributed by atoms with Gasteiger partial charge in [-0.15, -0.1) is 0 Å². The number of aromatic nitrogens is 2. The number of nitrogens with two attached hydrogens (primary N) is 1. The normalized spacial score (nSPS) is 21.2. The standard InChI is InChI=1S/C30H30ClF4N7O3/c1-6-20(43)40-12-18-29(44)42-11-15(10-39(4)5)45-28-27(42)26(41(18)9-14(40)3)16-8-17(31)21(23(32)24(16)38-28)25-22(30(33,34)35)13(2)7-19(36)37-25/h6-8,14-15,18H,1,9-12H2,2-5H3,(H2,36,37)/t14-,15-,18-/m1/s1. The van der Waals surface area contributed by atoms with Gasteiger partial charge in [-0.1, -0.05) is 18.2 Å². The van der Waals surface area contributed by atoms with Gasteiger partial charge in [-0.25, -0.2) is 14.4 Å². The molecule has 5 heterocycles. The lowest BCUT2D eigenvalue weighted by Crippen LogP contribution is -2.67. The van der Waals surface area contributed by atoms with E-state index < -0.39 is 41.0 Å². The van der Waals surface area contributed by atoms with Crippen LogP contribution in [0.3, 0.4) is 0 Å². The number of anilines is 3. The predicted octanol–water partition coefficient (Wildman–Crippen LogP) is 4.26. The number of nitrogen functional groups attached to an aromatic ring is 1. The zero-order valence-corrected chi connectivity index (χ0v) is 25.6. The molecule has 3 aromatic rings. The second kappa shape index (κ2) is 10.7. The number of aryl methyl sites for hydroxylation is 1. The molecule has 2 aromatic heterocycles. The Labute approximate surface area is 261 Å². The number of hydrogen-bond donors (Lipinski definition) is 1. The van der Waals surface area contributed by atoms with Crippen LogP contribution in [0.4, 0.5) is 34.8 Å². The second-order valence-corrected chi connectivity index (χ2v) is 12.2. The first-order valence-corrected chi connectivity index (χ1v) is 14.5. The van der Waals surface area contributed by atoms with E-state index in [9.17, 15) is 22.8 Å². The van der Waals surface area contributed by atoms with Gasteiger partial charge < -0.3 is 30.1 Å². The molecule has 0 aliphatic carbocycles. The fourth-order valence-electron chi connectivity index (χ4n) is 6.58. The van der Waals surface area contributed by atoms with Crippen molar-refractivity contribution in [3.05, 3.63) is 46.8 Å². The number of rotatable bonds is 4. The van der Waals surface area contributed by atoms with Gasteiger partial charge >= 0.3 is 6.18 Å². The fourth-order valence-corrected chi connectivity index (χ4v) is 6.86. The molecule has 6 rings (SSSR count). The summed E-state index contributed by atoms with van der Waals surface area (Å²) in [5.41, 5.74) is 3.41. The van der Waals surface area contributed by atoms with Gasteiger partial charge in [0.25, 0.3) is 5.91 Å². The van der Waals surface area contributed by atoms with Gasteiger partial charge in [0.1, 0.15) is 29.2 Å². The van der Waals surface area contributed by atoms with E-state index in [0.29, 0.717) is 17.9 Å². The van der Waals surface area contributed by atoms with Gasteiger partial charge in [0, 0.05) is 24.5 Å². The molecule has 0 unspecified atom stereocenters. The molecule has 3 aliphatic heterocycles. The van der Waals surface area contributed by atoms with Crippen molar-refractivity contribution in [2.75, 3.05) is 55.8 Å². The Balaban J connectivity index is 1.64. The molecule has 0 saturated carbocycles. The highest BCUT2D eigenvalue weighted by Gasteiger charge is 2.49. The van der Waals surface area contributed by atoms with Gasteiger partial charge in [-0.3, -0.25) is 9.59 Å². The highest BCUT2D eigenvalue weighted by molar-refractivity contribution is 6.34. The first-order valence-electron chi connectivity index (χ1n) is 14.1. The molecule has 2 N–H and O–H groups in total. The minimum Gasteiger partial charge on any atom is -0.470 e. The van der Waals surface area contributed by atoms with E-state index in [1.54, 1.807) is 9.80 Å². The minimum atomic E-state index is -4.89. The van der Waals surface area contributed by atoms with Gasteiger partial charge in [0.15, 0.2) is 5.82 Å². The van der Waals surface area contributed by atoms with Crippen molar-refractivity contribution in [3.8, 4) is 17.1 Å². The molecule has 3 aliphatic rings. The zero-order valence-electron chi connectivity index (χ0n) is 24.9. The summed E-state index contributed by atoms with van der Waals surface area (Å²) in [6.45, 7) is 7.37. The molecule has 238 valence electrons. The summed E-state index contributed by atoms with van der Waals surface area (Å²) in [6.07, 6.45) is -4.26. The van der Waals surface area contributed by atoms with E-state index in [0.717, 1.165) is 6.07 Å². The Morgan fingerprint density at radius 3 is 2.58 bits per heavy atom. The van der Waals surface area contributed by atoms with Gasteiger partial charge in [-0.05, 0) is 51.7 Å². The van der Waals surface area contributed by atoms with Crippen LogP contribution in [0.5, 0.6) is 5.88 Å². The molecule has 10 nitrogen and oxygen atoms in total. The SMILES string of the molecule is C=CC(=O)N1C[C@@H]2C(=O)N3C[C@@H](CN(C)C)Oc4nc5c(F)c(-c6nc(N)cc(C)c6C(F)(F)F)c(Cl)cc5c(c43)N2C[C@H]1C. The van der Waals surface area contributed by atoms with Crippen LogP contribution in [0.25, 0.3) is 22.2 Å². The summed E-state index contributed by atoms with van der Waals surface area (Å²) < 4.78 is 65.7. The Kier molecular flexibility index (Phi) is 7.35. The van der Waals surface area contributed by atoms with E-state index in [-0.39, 0.29) is 70.7 Å². The summed E-state index contributed by atoms with van der Waals surface area (Å²) in [6, 6.07) is 1.18. The number of nitrogens with zero attached hydrogens (tertiary/aromatic N) is 6. The maximum absolute atomic E-state index is 16.7. The summed E-state index contributed by atoms with van der Waals surface area (Å²) in [4.78, 5) is 41.8. The molecule has 15 heteroatoms. The van der Waals surface area contributed by atoms with Crippen molar-refractivity contribution < 1.29 is 31.9 Å². The number of piperazine rings is 1. The molecule has 1 fully saturated rings. The quantitative estimate of drug-likeness (QED) is 0.331. The largest absolute Gasteiger partial charge is 0.470 e. The third kappa shape index (κ3) is 4.90. The number of hydrogen-bond acceptors (Lipinski definition) is 8. The average Bonchev–Trinajstić information content (AvgIpc) is 2.93. The molecular weight excluding hydrogens is 618 g/mol. The molecule has 0 radical (unpaired) electrons. The van der Waals surface area contributed by atoms with E-state index in [1.165, 1.54) is 24.0 Å². The Morgan fingerprint density at radius 2 is 1.93 bits per heavy atom. The number of likely N-dealkylation sites (N-methyl/N-ethyl adjacent to an activating group) is 1. The highest BCUT2D eigenvalue weighted by Crippen LogP contribution is 2.52. The van der Waals surface area contributed by atoms with Crippen molar-refractivity contribution in [2.24, 2.45) is 0 Å². The summed E-state index contributed by atoms with van der Waals surface area (Å²) in [7, 11) is 3.65. The molecule has 45 heavy (non-hydrogen) atoms. The zero-order chi connectivity index (χ0) is 32.7. The van der Waals surface area contributed by atoms with Crippen molar-refractivity contribution in [1.29, 1.82) is 0 Å². The van der Waals surface area contributed by atoms with Crippen LogP contribution >= 0.6 is 11.6 Å². The van der Waals surface area contributed by atoms with Crippen molar-refractivity contribution in [3.63, 3.8) is 0 Å². The Hall–Kier alpha value is -4.17. The maximum atomic E-state index is 16.7. The molecule has 2 amide bonds. The number of benzene rings is 1. The number of amides is 2. The molecular formula is C30H30ClF4N7O3. The van der Waals surface area contributed by atoms with Gasteiger partial charge in [0.2, 0.25) is 11.8 Å². The molecule has 0 spiro atoms. The van der Waals surface area contributed by atoms with Crippen LogP contribution < -0.4 is 20.3 Å². The van der Waals surface area contributed by atoms with Crippen LogP contribution in [0.15, 0.2) is 24.8 Å². The highest BCUT2D eigenvalue weighted by atomic mass is 35.5. The predicted molar refractivity (Wildman–Crippen MR) is 162 cm³/mol. The first kappa shape index (κ1) is 30.8. The summed E-state index contributed by atoms with van der Waals surface area (Å²) in [5.74, 6) is -2.06. The Bertz CT molecular complexity index is 1780. The van der Waals surface area contributed by atoms with Crippen molar-refractivity contribution in [2.45, 2.75) is 38.2 Å². The number of alkyl halides is 3. The number of fused-ring (bicyclic) bond motifs is 4. The van der Waals surface area contributed by atoms with Crippen LogP contribution in [-0.2, 0) is 15.8 Å². The van der Waals surface area contributed by atoms with Crippen molar-refractivity contribution in [1.82, 2.24) is 19.8 Å². The first-order chi connectivity index (χ1) is 21.1. The summed E-state index contributed by atoms with van der Waals surface area (Å²) in [5, 5.41) is -0.182. The van der Waals surface area contributed by atoms with Gasteiger partial charge in [-0.2, -0.15) is 13.2 Å². The number of carbonyl (C=O) groups is 2. The Morgan fingerprint density at radius 1 is 1.22 bits per heavy atom. The van der Waals surface area contributed by atoms with Crippen LogP contribution in [-0.4, -0.2) is 90.0 Å². The van der Waals surface area contributed by atoms with Crippen LogP contribution in [0.2, 0.25) is 5.02 Å². The van der Waals surface area contributed by atoms with Crippen molar-refractivity contribution >= 4 is 51.5 Å². The number of carbonyl (C=O) groups excluding carboxylic acids is 2. The number of ether oxygens (including phenoxy) is 1. The minimum absolute atomic E-state index is 0.0366. The molecule has 1 aromatic carbocycles. The number of halogens is 5. The summed E-state index contributed by atoms with van der Waals surface area (Å²) >= 11 is 6.62. The molecule has 0 bridgehead atoms. The van der Waals surface area contributed by atoms with Gasteiger partial charge in [0.05, 0.1) is 40.6 Å². The third-order valence-electron chi connectivity index (χ3n) is 8.38. The monoisotopic (exact) mass is 647 g/mol. The lowest BCUT2D eigenvalue weighted by atomic mass is 9.94. The topological polar surface area (TPSA) is 108 Å². The van der Waals surface area contributed by atoms with E-state index in [1.807, 2.05) is 25.9 Å². The average molecular weight is 648 g/mol. The smallest absolute Gasteiger partial charge is 0.418 e. The van der Waals surface area contributed by atoms with E-state index in [2.05, 4.69) is 16.5 Å². The molecule has 1 saturated heterocycles. The van der Waals surface area contributed by atoms with Crippen LogP contribution in [0.1, 0.15) is 18.1 Å². The van der Waals surface area contributed by atoms with E-state index in [4.69, 9.17) is 22.1 Å². The van der Waals surface area contributed by atoms with E-state index >= 15 is 4.39 Å². The fraction of sp³-hybridized carbons (Fsp3) is 0.400. The lowest BCUT2D eigenvalue weighted by molar-refractivity contribution is -0.137. The third-order valence-corrected chi connectivity index (χ3v) is 8.68. The number of pyridine rings is 2. The lowest BCUT2D eigenvalue weighted by Gasteiger charge is -2.52. The van der Waals surface area contributed by atoms with Crippen LogP contribution in [0, 0.1) is 12.7 Å². The maximum Gasteiger partial charge on any atom is 0.418 e. The second-order valence-electron chi connectivity index (χ2n) is 11.8. The molecule has 3 atom stereocenters.